The fourth-order valence-electron chi connectivity index (χ4n) is 0.396. The molecule has 0 bridgehead atoms. The van der Waals surface area contributed by atoms with Crippen LogP contribution in [-0.4, -0.2) is 5.88 Å². The third kappa shape index (κ3) is 7.39. The minimum absolute atomic E-state index is 0. The zero-order valence-corrected chi connectivity index (χ0v) is 8.83. The second-order valence-corrected chi connectivity index (χ2v) is 1.97. The van der Waals surface area contributed by atoms with E-state index in [-0.39, 0.29) is 32.7 Å². The molecule has 0 fully saturated rings. The number of rotatable bonds is 3. The van der Waals surface area contributed by atoms with Crippen LogP contribution in [0.1, 0.15) is 13.3 Å². The van der Waals surface area contributed by atoms with Crippen molar-refractivity contribution in [3.8, 4) is 0 Å². The largest absolute Gasteiger partial charge is 0.342 e. The van der Waals surface area contributed by atoms with Gasteiger partial charge in [0.25, 0.3) is 0 Å². The minimum atomic E-state index is 0. The molecule has 8 heavy (non-hydrogen) atoms. The van der Waals surface area contributed by atoms with Gasteiger partial charge in [0.15, 0.2) is 0 Å². The van der Waals surface area contributed by atoms with E-state index in [1.54, 1.807) is 0 Å². The first-order valence-corrected chi connectivity index (χ1v) is 3.01. The Labute approximate surface area is 82.3 Å². The Kier molecular flexibility index (Phi) is 12.7. The average molecular weight is 208 g/mol. The Morgan fingerprint density at radius 1 is 1.75 bits per heavy atom. The zero-order valence-electron chi connectivity index (χ0n) is 5.23. The van der Waals surface area contributed by atoms with Gasteiger partial charge in [-0.05, 0) is 5.88 Å². The van der Waals surface area contributed by atoms with Crippen LogP contribution in [0.25, 0.3) is 0 Å². The Morgan fingerprint density at radius 2 is 2.25 bits per heavy atom. The molecule has 47 valence electrons. The third-order valence-corrected chi connectivity index (χ3v) is 1.22. The van der Waals surface area contributed by atoms with Gasteiger partial charge in [-0.3, -0.25) is 0 Å². The normalized spacial score (nSPS) is 12.4. The van der Waals surface area contributed by atoms with Gasteiger partial charge in [0.1, 0.15) is 0 Å². The van der Waals surface area contributed by atoms with Gasteiger partial charge < -0.3 is 13.3 Å². The summed E-state index contributed by atoms with van der Waals surface area (Å²) in [5.74, 6) is 1.08. The number of halogens is 1. The minimum Gasteiger partial charge on any atom is -0.342 e. The fourth-order valence-corrected chi connectivity index (χ4v) is 0.522. The van der Waals surface area contributed by atoms with Crippen LogP contribution >= 0.6 is 11.6 Å². The average Bonchev–Trinajstić information content (AvgIpc) is 1.68. The predicted octanol–water partition coefficient (Wildman–Crippen LogP) is 2.29. The molecule has 0 saturated heterocycles. The van der Waals surface area contributed by atoms with Crippen LogP contribution in [0.2, 0.25) is 0 Å². The summed E-state index contributed by atoms with van der Waals surface area (Å²) >= 11 is 5.45. The molecule has 0 aromatic heterocycles. The maximum absolute atomic E-state index is 5.45. The maximum Gasteiger partial charge on any atom is 0 e. The van der Waals surface area contributed by atoms with Gasteiger partial charge in [0.05, 0.1) is 0 Å². The summed E-state index contributed by atoms with van der Waals surface area (Å²) in [5, 5.41) is 0. The molecule has 0 aromatic carbocycles. The summed E-state index contributed by atoms with van der Waals surface area (Å²) in [6.07, 6.45) is 3.11. The molecular formula is C6H11ClY-2. The molecule has 0 heterocycles. The molecule has 0 saturated carbocycles. The number of alkyl halides is 1. The number of hydrogen-bond acceptors (Lipinski definition) is 0. The third-order valence-electron chi connectivity index (χ3n) is 0.787. The van der Waals surface area contributed by atoms with E-state index in [1.165, 1.54) is 0 Å². The Balaban J connectivity index is 0. The van der Waals surface area contributed by atoms with Crippen molar-refractivity contribution < 1.29 is 32.7 Å². The summed E-state index contributed by atoms with van der Waals surface area (Å²) in [4.78, 5) is 0. The Bertz CT molecular complexity index is 39.5. The van der Waals surface area contributed by atoms with Crippen molar-refractivity contribution in [3.63, 3.8) is 0 Å². The smallest absolute Gasteiger partial charge is 0 e. The van der Waals surface area contributed by atoms with Gasteiger partial charge >= 0.3 is 0 Å². The predicted molar refractivity (Wildman–Crippen MR) is 34.2 cm³/mol. The van der Waals surface area contributed by atoms with Crippen LogP contribution in [0.15, 0.2) is 0 Å². The van der Waals surface area contributed by atoms with Crippen LogP contribution in [0.3, 0.4) is 0 Å². The van der Waals surface area contributed by atoms with Crippen molar-refractivity contribution in [2.45, 2.75) is 13.3 Å². The molecule has 0 aliphatic carbocycles. The molecular weight excluding hydrogens is 196 g/mol. The standard InChI is InChI=1S/C6H11Cl.Y/c1-3-4-6(2)5-7;/h3,6H,2,4-5H2,1H3;/q-2;. The van der Waals surface area contributed by atoms with Crippen molar-refractivity contribution in [3.05, 3.63) is 13.3 Å². The fraction of sp³-hybridized carbons (Fsp3) is 0.667. The summed E-state index contributed by atoms with van der Waals surface area (Å²) in [6, 6.07) is 0. The van der Waals surface area contributed by atoms with E-state index in [2.05, 4.69) is 13.3 Å². The molecule has 0 spiro atoms. The number of hydrogen-bond donors (Lipinski definition) is 0. The second kappa shape index (κ2) is 8.39. The Morgan fingerprint density at radius 3 is 2.38 bits per heavy atom. The van der Waals surface area contributed by atoms with Crippen molar-refractivity contribution in [2.75, 3.05) is 5.88 Å². The van der Waals surface area contributed by atoms with Crippen molar-refractivity contribution in [2.24, 2.45) is 5.92 Å². The first kappa shape index (κ1) is 12.1. The zero-order chi connectivity index (χ0) is 5.70. The molecule has 0 amide bonds. The first-order valence-electron chi connectivity index (χ1n) is 2.48. The monoisotopic (exact) mass is 207 g/mol. The van der Waals surface area contributed by atoms with Gasteiger partial charge in [-0.1, -0.05) is 0 Å². The van der Waals surface area contributed by atoms with Crippen LogP contribution in [-0.2, 0) is 32.7 Å². The van der Waals surface area contributed by atoms with E-state index in [1.807, 2.05) is 6.92 Å². The van der Waals surface area contributed by atoms with Crippen LogP contribution in [0.5, 0.6) is 0 Å². The summed E-state index contributed by atoms with van der Waals surface area (Å²) < 4.78 is 0. The van der Waals surface area contributed by atoms with E-state index in [4.69, 9.17) is 11.6 Å². The van der Waals surface area contributed by atoms with E-state index < -0.39 is 0 Å². The Hall–Kier alpha value is 1.39. The second-order valence-electron chi connectivity index (χ2n) is 1.66. The molecule has 0 N–H and O–H groups in total. The van der Waals surface area contributed by atoms with E-state index in [0.29, 0.717) is 11.8 Å². The molecule has 1 radical (unpaired) electrons. The van der Waals surface area contributed by atoms with Crippen molar-refractivity contribution in [1.82, 2.24) is 0 Å². The quantitative estimate of drug-likeness (QED) is 0.492. The van der Waals surface area contributed by atoms with Crippen LogP contribution < -0.4 is 0 Å². The molecule has 2 heteroatoms. The van der Waals surface area contributed by atoms with Crippen molar-refractivity contribution in [1.29, 1.82) is 0 Å². The van der Waals surface area contributed by atoms with Gasteiger partial charge in [-0.25, -0.2) is 6.42 Å². The molecule has 0 aromatic rings. The van der Waals surface area contributed by atoms with Crippen molar-refractivity contribution >= 4 is 11.6 Å². The van der Waals surface area contributed by atoms with E-state index in [9.17, 15) is 0 Å². The summed E-state index contributed by atoms with van der Waals surface area (Å²) in [6.45, 7) is 5.80. The SMILES string of the molecule is [CH2-]C(CCl)C[CH-]C.[Y]. The van der Waals surface area contributed by atoms with Gasteiger partial charge in [-0.15, -0.1) is 11.6 Å². The van der Waals surface area contributed by atoms with Gasteiger partial charge in [-0.2, -0.15) is 12.8 Å². The van der Waals surface area contributed by atoms with E-state index in [0.717, 1.165) is 6.42 Å². The summed E-state index contributed by atoms with van der Waals surface area (Å²) in [5.41, 5.74) is 0. The van der Waals surface area contributed by atoms with Gasteiger partial charge in [0.2, 0.25) is 0 Å². The molecule has 1 atom stereocenters. The van der Waals surface area contributed by atoms with Crippen LogP contribution in [0, 0.1) is 19.3 Å². The van der Waals surface area contributed by atoms with Gasteiger partial charge in [0, 0.05) is 32.7 Å². The molecule has 0 aliphatic heterocycles. The molecule has 0 aliphatic rings. The first-order chi connectivity index (χ1) is 3.31. The molecule has 0 rings (SSSR count). The topological polar surface area (TPSA) is 0 Å². The van der Waals surface area contributed by atoms with E-state index >= 15 is 0 Å². The van der Waals surface area contributed by atoms with Crippen LogP contribution in [0.4, 0.5) is 0 Å². The maximum atomic E-state index is 5.45. The summed E-state index contributed by atoms with van der Waals surface area (Å²) in [7, 11) is 0. The molecule has 1 unspecified atom stereocenters. The molecule has 0 nitrogen and oxygen atoms in total.